The number of aromatic nitrogens is 2. The van der Waals surface area contributed by atoms with E-state index < -0.39 is 0 Å². The van der Waals surface area contributed by atoms with E-state index in [0.29, 0.717) is 5.89 Å². The third-order valence-electron chi connectivity index (χ3n) is 3.54. The van der Waals surface area contributed by atoms with E-state index in [0.717, 1.165) is 34.8 Å². The van der Waals surface area contributed by atoms with Crippen LogP contribution in [0.25, 0.3) is 22.8 Å². The summed E-state index contributed by atoms with van der Waals surface area (Å²) in [6.45, 7) is 0. The molecule has 0 bridgehead atoms. The molecule has 3 aromatic rings. The van der Waals surface area contributed by atoms with Crippen LogP contribution in [0.2, 0.25) is 0 Å². The molecule has 0 radical (unpaired) electrons. The van der Waals surface area contributed by atoms with Crippen molar-refractivity contribution in [2.24, 2.45) is 0 Å². The molecule has 98 valence electrons. The fourth-order valence-electron chi connectivity index (χ4n) is 2.55. The Balaban J connectivity index is 1.79. The molecule has 0 atom stereocenters. The Labute approximate surface area is 116 Å². The minimum atomic E-state index is 0.652. The molecule has 2 heterocycles. The van der Waals surface area contributed by atoms with Crippen LogP contribution in [0, 0.1) is 0 Å². The maximum absolute atomic E-state index is 5.93. The molecule has 0 fully saturated rings. The van der Waals surface area contributed by atoms with Crippen LogP contribution < -0.4 is 4.74 Å². The average Bonchev–Trinajstić information content (AvgIpc) is 3.05. The van der Waals surface area contributed by atoms with Crippen molar-refractivity contribution in [1.29, 1.82) is 0 Å². The molecule has 20 heavy (non-hydrogen) atoms. The van der Waals surface area contributed by atoms with E-state index in [1.54, 1.807) is 19.5 Å². The second kappa shape index (κ2) is 4.20. The lowest BCUT2D eigenvalue weighted by molar-refractivity contribution is 0.414. The number of methoxy groups -OCH3 is 1. The number of pyridine rings is 1. The Morgan fingerprint density at radius 2 is 2.00 bits per heavy atom. The van der Waals surface area contributed by atoms with E-state index >= 15 is 0 Å². The minimum Gasteiger partial charge on any atom is -0.497 e. The molecule has 0 saturated carbocycles. The van der Waals surface area contributed by atoms with E-state index in [9.17, 15) is 0 Å². The summed E-state index contributed by atoms with van der Waals surface area (Å²) in [5, 5.41) is 0. The highest BCUT2D eigenvalue weighted by molar-refractivity contribution is 5.73. The summed E-state index contributed by atoms with van der Waals surface area (Å²) in [5.41, 5.74) is 4.24. The molecule has 4 heteroatoms. The minimum absolute atomic E-state index is 0.652. The van der Waals surface area contributed by atoms with Crippen molar-refractivity contribution in [2.75, 3.05) is 7.11 Å². The number of hydrogen-bond acceptors (Lipinski definition) is 4. The van der Waals surface area contributed by atoms with Gasteiger partial charge in [-0.05, 0) is 35.9 Å². The molecular weight excluding hydrogens is 252 g/mol. The van der Waals surface area contributed by atoms with E-state index in [1.165, 1.54) is 5.56 Å². The Morgan fingerprint density at radius 3 is 2.80 bits per heavy atom. The molecule has 0 spiro atoms. The van der Waals surface area contributed by atoms with Gasteiger partial charge >= 0.3 is 0 Å². The Morgan fingerprint density at radius 1 is 1.15 bits per heavy atom. The van der Waals surface area contributed by atoms with E-state index in [4.69, 9.17) is 9.15 Å². The van der Waals surface area contributed by atoms with Crippen molar-refractivity contribution in [3.8, 4) is 28.5 Å². The topological polar surface area (TPSA) is 48.2 Å². The lowest BCUT2D eigenvalue weighted by Crippen LogP contribution is -1.87. The highest BCUT2D eigenvalue weighted by atomic mass is 16.5. The average molecular weight is 264 g/mol. The molecule has 4 rings (SSSR count). The van der Waals surface area contributed by atoms with Gasteiger partial charge in [-0.25, -0.2) is 4.98 Å². The van der Waals surface area contributed by atoms with Gasteiger partial charge < -0.3 is 9.15 Å². The van der Waals surface area contributed by atoms with Gasteiger partial charge in [0.2, 0.25) is 5.89 Å². The summed E-state index contributed by atoms with van der Waals surface area (Å²) >= 11 is 0. The third kappa shape index (κ3) is 1.61. The van der Waals surface area contributed by atoms with Crippen molar-refractivity contribution in [2.45, 2.75) is 6.42 Å². The van der Waals surface area contributed by atoms with Crippen LogP contribution in [-0.4, -0.2) is 17.1 Å². The van der Waals surface area contributed by atoms with Crippen LogP contribution in [0.15, 0.2) is 47.1 Å². The van der Waals surface area contributed by atoms with Crippen molar-refractivity contribution >= 4 is 0 Å². The SMILES string of the molecule is COc1ccc2c(c1)Cc1nc(-c3ccncc3)oc1-2. The Bertz CT molecular complexity index is 778. The van der Waals surface area contributed by atoms with Gasteiger partial charge in [0, 0.05) is 29.9 Å². The van der Waals surface area contributed by atoms with Gasteiger partial charge in [-0.15, -0.1) is 0 Å². The summed E-state index contributed by atoms with van der Waals surface area (Å²) in [6.07, 6.45) is 4.27. The van der Waals surface area contributed by atoms with Gasteiger partial charge in [0.15, 0.2) is 5.76 Å². The van der Waals surface area contributed by atoms with Crippen LogP contribution in [0.5, 0.6) is 5.75 Å². The van der Waals surface area contributed by atoms with Gasteiger partial charge in [-0.2, -0.15) is 0 Å². The second-order valence-corrected chi connectivity index (χ2v) is 4.73. The molecule has 0 saturated heterocycles. The summed E-state index contributed by atoms with van der Waals surface area (Å²) in [6, 6.07) is 9.81. The predicted molar refractivity (Wildman–Crippen MR) is 74.5 cm³/mol. The third-order valence-corrected chi connectivity index (χ3v) is 3.54. The van der Waals surface area contributed by atoms with Crippen LogP contribution in [0.4, 0.5) is 0 Å². The largest absolute Gasteiger partial charge is 0.497 e. The van der Waals surface area contributed by atoms with Gasteiger partial charge in [-0.1, -0.05) is 0 Å². The summed E-state index contributed by atoms with van der Waals surface area (Å²) < 4.78 is 11.2. The van der Waals surface area contributed by atoms with Crippen molar-refractivity contribution in [3.05, 3.63) is 54.0 Å². The number of fused-ring (bicyclic) bond motifs is 3. The first kappa shape index (κ1) is 11.2. The number of oxazole rings is 1. The maximum atomic E-state index is 5.93. The quantitative estimate of drug-likeness (QED) is 0.557. The Kier molecular flexibility index (Phi) is 2.36. The van der Waals surface area contributed by atoms with E-state index in [-0.39, 0.29) is 0 Å². The molecule has 0 aliphatic heterocycles. The first-order valence-electron chi connectivity index (χ1n) is 6.42. The lowest BCUT2D eigenvalue weighted by atomic mass is 10.1. The van der Waals surface area contributed by atoms with Gasteiger partial charge in [-0.3, -0.25) is 4.98 Å². The van der Waals surface area contributed by atoms with Gasteiger partial charge in [0.25, 0.3) is 0 Å². The zero-order valence-electron chi connectivity index (χ0n) is 11.0. The molecule has 0 N–H and O–H groups in total. The molecule has 0 amide bonds. The molecule has 0 unspecified atom stereocenters. The number of rotatable bonds is 2. The fourth-order valence-corrected chi connectivity index (χ4v) is 2.55. The number of nitrogens with zero attached hydrogens (tertiary/aromatic N) is 2. The van der Waals surface area contributed by atoms with E-state index in [1.807, 2.05) is 30.3 Å². The highest BCUT2D eigenvalue weighted by Crippen LogP contribution is 2.40. The van der Waals surface area contributed by atoms with Crippen molar-refractivity contribution < 1.29 is 9.15 Å². The second-order valence-electron chi connectivity index (χ2n) is 4.73. The van der Waals surface area contributed by atoms with Crippen LogP contribution in [0.1, 0.15) is 11.3 Å². The smallest absolute Gasteiger partial charge is 0.227 e. The first-order valence-corrected chi connectivity index (χ1v) is 6.42. The first-order chi connectivity index (χ1) is 9.85. The van der Waals surface area contributed by atoms with Crippen LogP contribution in [0.3, 0.4) is 0 Å². The molecule has 1 aliphatic carbocycles. The fraction of sp³-hybridized carbons (Fsp3) is 0.125. The summed E-state index contributed by atoms with van der Waals surface area (Å²) in [4.78, 5) is 8.60. The maximum Gasteiger partial charge on any atom is 0.227 e. The predicted octanol–water partition coefficient (Wildman–Crippen LogP) is 3.32. The normalized spacial score (nSPS) is 12.1. The number of benzene rings is 1. The number of hydrogen-bond donors (Lipinski definition) is 0. The summed E-state index contributed by atoms with van der Waals surface area (Å²) in [5.74, 6) is 2.39. The molecule has 1 aromatic carbocycles. The van der Waals surface area contributed by atoms with Crippen molar-refractivity contribution in [3.63, 3.8) is 0 Å². The monoisotopic (exact) mass is 264 g/mol. The van der Waals surface area contributed by atoms with Gasteiger partial charge in [0.1, 0.15) is 5.75 Å². The van der Waals surface area contributed by atoms with E-state index in [2.05, 4.69) is 9.97 Å². The summed E-state index contributed by atoms with van der Waals surface area (Å²) in [7, 11) is 1.67. The molecule has 2 aromatic heterocycles. The lowest BCUT2D eigenvalue weighted by Gasteiger charge is -2.03. The number of ether oxygens (including phenoxy) is 1. The van der Waals surface area contributed by atoms with Crippen LogP contribution in [-0.2, 0) is 6.42 Å². The molecule has 1 aliphatic rings. The zero-order valence-corrected chi connectivity index (χ0v) is 11.0. The van der Waals surface area contributed by atoms with Crippen molar-refractivity contribution in [1.82, 2.24) is 9.97 Å². The van der Waals surface area contributed by atoms with Crippen LogP contribution >= 0.6 is 0 Å². The standard InChI is InChI=1S/C16H12N2O2/c1-19-12-2-3-13-11(8-12)9-14-15(13)20-16(18-14)10-4-6-17-7-5-10/h2-8H,9H2,1H3. The Hall–Kier alpha value is -2.62. The molecular formula is C16H12N2O2. The molecule has 4 nitrogen and oxygen atoms in total. The highest BCUT2D eigenvalue weighted by Gasteiger charge is 2.25. The zero-order chi connectivity index (χ0) is 13.5. The van der Waals surface area contributed by atoms with Gasteiger partial charge in [0.05, 0.1) is 12.8 Å².